The molecule has 0 aliphatic carbocycles. The molecule has 1 aliphatic heterocycles. The molecule has 0 saturated carbocycles. The second-order valence-corrected chi connectivity index (χ2v) is 5.24. The summed E-state index contributed by atoms with van der Waals surface area (Å²) in [7, 11) is 0. The van der Waals surface area contributed by atoms with Crippen molar-refractivity contribution >= 4 is 17.3 Å². The Morgan fingerprint density at radius 2 is 1.86 bits per heavy atom. The van der Waals surface area contributed by atoms with Crippen LogP contribution in [0.25, 0.3) is 0 Å². The summed E-state index contributed by atoms with van der Waals surface area (Å²) in [4.78, 5) is 12.3. The van der Waals surface area contributed by atoms with Crippen LogP contribution in [-0.2, 0) is 0 Å². The lowest BCUT2D eigenvalue weighted by atomic mass is 10.1. The van der Waals surface area contributed by atoms with Crippen molar-refractivity contribution in [3.63, 3.8) is 0 Å². The summed E-state index contributed by atoms with van der Waals surface area (Å²) in [6, 6.07) is 10.6. The second kappa shape index (κ2) is 5.97. The van der Waals surface area contributed by atoms with Crippen molar-refractivity contribution in [3.05, 3.63) is 47.5 Å². The third-order valence-electron chi connectivity index (χ3n) is 3.55. The number of fused-ring (bicyclic) bond motifs is 1. The van der Waals surface area contributed by atoms with E-state index in [0.717, 1.165) is 12.0 Å². The maximum Gasteiger partial charge on any atom is 0.255 e. The van der Waals surface area contributed by atoms with Crippen LogP contribution < -0.4 is 20.5 Å². The quantitative estimate of drug-likeness (QED) is 0.836. The Labute approximate surface area is 129 Å². The fourth-order valence-electron chi connectivity index (χ4n) is 2.23. The van der Waals surface area contributed by atoms with Gasteiger partial charge in [-0.3, -0.25) is 4.79 Å². The summed E-state index contributed by atoms with van der Waals surface area (Å²) >= 11 is 0. The number of nitrogen functional groups attached to an aromatic ring is 1. The van der Waals surface area contributed by atoms with E-state index < -0.39 is 0 Å². The van der Waals surface area contributed by atoms with Crippen LogP contribution in [0.1, 0.15) is 22.3 Å². The van der Waals surface area contributed by atoms with E-state index in [1.165, 1.54) is 0 Å². The van der Waals surface area contributed by atoms with Gasteiger partial charge in [-0.2, -0.15) is 0 Å². The first kappa shape index (κ1) is 14.3. The monoisotopic (exact) mass is 298 g/mol. The van der Waals surface area contributed by atoms with Crippen molar-refractivity contribution in [1.82, 2.24) is 0 Å². The van der Waals surface area contributed by atoms with E-state index in [1.807, 2.05) is 13.0 Å². The van der Waals surface area contributed by atoms with Gasteiger partial charge in [-0.1, -0.05) is 6.07 Å². The molecular formula is C17H18N2O3. The van der Waals surface area contributed by atoms with E-state index in [1.54, 1.807) is 30.3 Å². The first-order valence-corrected chi connectivity index (χ1v) is 7.20. The number of nitrogens with one attached hydrogen (secondary N) is 1. The molecule has 1 aliphatic rings. The van der Waals surface area contributed by atoms with Gasteiger partial charge in [0.05, 0.1) is 13.2 Å². The van der Waals surface area contributed by atoms with Gasteiger partial charge in [0.2, 0.25) is 0 Å². The predicted octanol–water partition coefficient (Wildman–Crippen LogP) is 2.99. The number of ether oxygens (including phenoxy) is 2. The lowest BCUT2D eigenvalue weighted by Crippen LogP contribution is -2.12. The van der Waals surface area contributed by atoms with Crippen molar-refractivity contribution < 1.29 is 14.3 Å². The molecule has 114 valence electrons. The standard InChI is InChI=1S/C17H18N2O3/c1-11-3-4-12(9-14(11)18)17(20)19-13-5-6-15-16(10-13)22-8-2-7-21-15/h3-6,9-10H,2,7-8,18H2,1H3,(H,19,20). The molecule has 0 atom stereocenters. The van der Waals surface area contributed by atoms with Gasteiger partial charge in [0, 0.05) is 29.4 Å². The molecule has 3 N–H and O–H groups in total. The molecular weight excluding hydrogens is 280 g/mol. The lowest BCUT2D eigenvalue weighted by Gasteiger charge is -2.11. The SMILES string of the molecule is Cc1ccc(C(=O)Nc2ccc3c(c2)OCCCO3)cc1N. The highest BCUT2D eigenvalue weighted by Crippen LogP contribution is 2.32. The summed E-state index contributed by atoms with van der Waals surface area (Å²) in [5.74, 6) is 1.15. The molecule has 0 aromatic heterocycles. The van der Waals surface area contributed by atoms with Gasteiger partial charge in [-0.15, -0.1) is 0 Å². The molecule has 2 aromatic rings. The summed E-state index contributed by atoms with van der Waals surface area (Å²) < 4.78 is 11.2. The Hall–Kier alpha value is -2.69. The van der Waals surface area contributed by atoms with E-state index >= 15 is 0 Å². The molecule has 5 nitrogen and oxygen atoms in total. The molecule has 3 rings (SSSR count). The molecule has 0 unspecified atom stereocenters. The van der Waals surface area contributed by atoms with Crippen molar-refractivity contribution in [2.75, 3.05) is 24.3 Å². The Balaban J connectivity index is 1.79. The number of aryl methyl sites for hydroxylation is 1. The molecule has 1 heterocycles. The van der Waals surface area contributed by atoms with E-state index in [4.69, 9.17) is 15.2 Å². The molecule has 0 radical (unpaired) electrons. The normalized spacial score (nSPS) is 13.3. The van der Waals surface area contributed by atoms with Gasteiger partial charge in [0.15, 0.2) is 11.5 Å². The van der Waals surface area contributed by atoms with Gasteiger partial charge >= 0.3 is 0 Å². The Kier molecular flexibility index (Phi) is 3.87. The molecule has 0 bridgehead atoms. The van der Waals surface area contributed by atoms with Crippen LogP contribution in [0.5, 0.6) is 11.5 Å². The maximum absolute atomic E-state index is 12.3. The summed E-state index contributed by atoms with van der Waals surface area (Å²) in [6.07, 6.45) is 0.846. The number of amides is 1. The van der Waals surface area contributed by atoms with Crippen LogP contribution in [0.3, 0.4) is 0 Å². The minimum absolute atomic E-state index is 0.207. The summed E-state index contributed by atoms with van der Waals surface area (Å²) in [6.45, 7) is 3.15. The zero-order valence-corrected chi connectivity index (χ0v) is 12.4. The fraction of sp³-hybridized carbons (Fsp3) is 0.235. The summed E-state index contributed by atoms with van der Waals surface area (Å²) in [5.41, 5.74) is 8.58. The Morgan fingerprint density at radius 3 is 2.64 bits per heavy atom. The van der Waals surface area contributed by atoms with Crippen molar-refractivity contribution in [2.45, 2.75) is 13.3 Å². The highest BCUT2D eigenvalue weighted by Gasteiger charge is 2.13. The van der Waals surface area contributed by atoms with E-state index in [9.17, 15) is 4.79 Å². The minimum Gasteiger partial charge on any atom is -0.490 e. The average molecular weight is 298 g/mol. The Morgan fingerprint density at radius 1 is 1.09 bits per heavy atom. The zero-order valence-electron chi connectivity index (χ0n) is 12.4. The van der Waals surface area contributed by atoms with Crippen LogP contribution in [-0.4, -0.2) is 19.1 Å². The van der Waals surface area contributed by atoms with Gasteiger partial charge < -0.3 is 20.5 Å². The lowest BCUT2D eigenvalue weighted by molar-refractivity contribution is 0.102. The molecule has 1 amide bonds. The first-order chi connectivity index (χ1) is 10.6. The van der Waals surface area contributed by atoms with Crippen LogP contribution in [0.15, 0.2) is 36.4 Å². The number of benzene rings is 2. The molecule has 2 aromatic carbocycles. The fourth-order valence-corrected chi connectivity index (χ4v) is 2.23. The van der Waals surface area contributed by atoms with Crippen molar-refractivity contribution in [2.24, 2.45) is 0 Å². The van der Waals surface area contributed by atoms with Gasteiger partial charge in [0.1, 0.15) is 0 Å². The molecule has 22 heavy (non-hydrogen) atoms. The van der Waals surface area contributed by atoms with Crippen LogP contribution in [0.4, 0.5) is 11.4 Å². The molecule has 0 spiro atoms. The largest absolute Gasteiger partial charge is 0.490 e. The molecule has 0 saturated heterocycles. The average Bonchev–Trinajstić information content (AvgIpc) is 2.74. The van der Waals surface area contributed by atoms with E-state index in [-0.39, 0.29) is 5.91 Å². The number of hydrogen-bond acceptors (Lipinski definition) is 4. The zero-order chi connectivity index (χ0) is 15.5. The van der Waals surface area contributed by atoms with E-state index in [2.05, 4.69) is 5.32 Å². The number of anilines is 2. The second-order valence-electron chi connectivity index (χ2n) is 5.24. The number of nitrogens with two attached hydrogens (primary N) is 1. The Bertz CT molecular complexity index is 713. The van der Waals surface area contributed by atoms with Crippen LogP contribution >= 0.6 is 0 Å². The van der Waals surface area contributed by atoms with Gasteiger partial charge in [-0.25, -0.2) is 0 Å². The number of carbonyl (C=O) groups excluding carboxylic acids is 1. The first-order valence-electron chi connectivity index (χ1n) is 7.20. The number of carbonyl (C=O) groups is 1. The van der Waals surface area contributed by atoms with Crippen LogP contribution in [0, 0.1) is 6.92 Å². The number of rotatable bonds is 2. The summed E-state index contributed by atoms with van der Waals surface area (Å²) in [5, 5.41) is 2.85. The van der Waals surface area contributed by atoms with Crippen molar-refractivity contribution in [1.29, 1.82) is 0 Å². The minimum atomic E-state index is -0.207. The maximum atomic E-state index is 12.3. The van der Waals surface area contributed by atoms with E-state index in [0.29, 0.717) is 41.7 Å². The highest BCUT2D eigenvalue weighted by atomic mass is 16.5. The molecule has 5 heteroatoms. The van der Waals surface area contributed by atoms with Gasteiger partial charge in [-0.05, 0) is 36.8 Å². The molecule has 0 fully saturated rings. The number of hydrogen-bond donors (Lipinski definition) is 2. The van der Waals surface area contributed by atoms with Crippen LogP contribution in [0.2, 0.25) is 0 Å². The smallest absolute Gasteiger partial charge is 0.255 e. The third-order valence-corrected chi connectivity index (χ3v) is 3.55. The van der Waals surface area contributed by atoms with Gasteiger partial charge in [0.25, 0.3) is 5.91 Å². The van der Waals surface area contributed by atoms with Crippen molar-refractivity contribution in [3.8, 4) is 11.5 Å². The topological polar surface area (TPSA) is 73.6 Å². The third kappa shape index (κ3) is 2.98. The highest BCUT2D eigenvalue weighted by molar-refractivity contribution is 6.05. The predicted molar refractivity (Wildman–Crippen MR) is 85.6 cm³/mol.